The van der Waals surface area contributed by atoms with Gasteiger partial charge in [0.25, 0.3) is 0 Å². The van der Waals surface area contributed by atoms with Crippen molar-refractivity contribution >= 4 is 0 Å². The molecule has 0 aromatic carbocycles. The first-order chi connectivity index (χ1) is 12.0. The van der Waals surface area contributed by atoms with Gasteiger partial charge in [0.2, 0.25) is 0 Å². The highest BCUT2D eigenvalue weighted by molar-refractivity contribution is 4.86. The summed E-state index contributed by atoms with van der Waals surface area (Å²) in [5.41, 5.74) is 0. The summed E-state index contributed by atoms with van der Waals surface area (Å²) < 4.78 is 6.20. The smallest absolute Gasteiger partial charge is 0.0761 e. The van der Waals surface area contributed by atoms with E-state index in [4.69, 9.17) is 4.74 Å². The van der Waals surface area contributed by atoms with Crippen molar-refractivity contribution in [3.05, 3.63) is 25.3 Å². The van der Waals surface area contributed by atoms with Crippen LogP contribution < -0.4 is 0 Å². The summed E-state index contributed by atoms with van der Waals surface area (Å²) in [5, 5.41) is 0. The first-order valence-corrected chi connectivity index (χ1v) is 10.9. The molecular weight excluding hydrogens is 304 g/mol. The van der Waals surface area contributed by atoms with Gasteiger partial charge in [-0.05, 0) is 24.7 Å². The Labute approximate surface area is 159 Å². The highest BCUT2D eigenvalue weighted by atomic mass is 16.5. The van der Waals surface area contributed by atoms with Crippen molar-refractivity contribution in [2.75, 3.05) is 0 Å². The van der Waals surface area contributed by atoms with Crippen molar-refractivity contribution in [3.8, 4) is 0 Å². The lowest BCUT2D eigenvalue weighted by Crippen LogP contribution is -2.19. The minimum Gasteiger partial charge on any atom is -0.367 e. The Balaban J connectivity index is 3.77. The van der Waals surface area contributed by atoms with Crippen LogP contribution in [0.3, 0.4) is 0 Å². The molecular formula is C24H46O. The van der Waals surface area contributed by atoms with Crippen LogP contribution in [0.2, 0.25) is 0 Å². The Morgan fingerprint density at radius 1 is 0.560 bits per heavy atom. The number of rotatable bonds is 18. The van der Waals surface area contributed by atoms with Crippen molar-refractivity contribution in [1.82, 2.24) is 0 Å². The zero-order valence-electron chi connectivity index (χ0n) is 17.8. The summed E-state index contributed by atoms with van der Waals surface area (Å²) in [6, 6.07) is 0. The average molecular weight is 351 g/mol. The van der Waals surface area contributed by atoms with Crippen molar-refractivity contribution in [1.29, 1.82) is 0 Å². The summed E-state index contributed by atoms with van der Waals surface area (Å²) in [4.78, 5) is 0. The lowest BCUT2D eigenvalue weighted by Gasteiger charge is -2.20. The van der Waals surface area contributed by atoms with Gasteiger partial charge in [0, 0.05) is 0 Å². The second-order valence-electron chi connectivity index (χ2n) is 8.46. The lowest BCUT2D eigenvalue weighted by molar-refractivity contribution is 0.0299. The second-order valence-corrected chi connectivity index (χ2v) is 8.46. The molecule has 25 heavy (non-hydrogen) atoms. The fraction of sp³-hybridized carbons (Fsp3) is 0.833. The summed E-state index contributed by atoms with van der Waals surface area (Å²) in [7, 11) is 0. The monoisotopic (exact) mass is 350 g/mol. The van der Waals surface area contributed by atoms with Gasteiger partial charge >= 0.3 is 0 Å². The Morgan fingerprint density at radius 2 is 0.880 bits per heavy atom. The predicted molar refractivity (Wildman–Crippen MR) is 114 cm³/mol. The quantitative estimate of drug-likeness (QED) is 0.179. The Hall–Kier alpha value is -0.560. The molecule has 1 nitrogen and oxygen atoms in total. The lowest BCUT2D eigenvalue weighted by atomic mass is 10.0. The third-order valence-corrected chi connectivity index (χ3v) is 4.92. The molecule has 0 saturated carbocycles. The summed E-state index contributed by atoms with van der Waals surface area (Å²) in [6.07, 6.45) is 19.8. The third-order valence-electron chi connectivity index (χ3n) is 4.92. The number of ether oxygens (including phenoxy) is 1. The van der Waals surface area contributed by atoms with Gasteiger partial charge in [-0.1, -0.05) is 104 Å². The van der Waals surface area contributed by atoms with Crippen molar-refractivity contribution < 1.29 is 4.74 Å². The van der Waals surface area contributed by atoms with E-state index in [1.54, 1.807) is 0 Å². The number of hydrogen-bond acceptors (Lipinski definition) is 1. The van der Waals surface area contributed by atoms with E-state index in [2.05, 4.69) is 40.9 Å². The molecule has 0 aliphatic rings. The van der Waals surface area contributed by atoms with Crippen molar-refractivity contribution in [2.24, 2.45) is 11.8 Å². The molecule has 148 valence electrons. The van der Waals surface area contributed by atoms with Gasteiger partial charge in [0.05, 0.1) is 12.2 Å². The number of unbranched alkanes of at least 4 members (excludes halogenated alkanes) is 6. The molecule has 0 spiro atoms. The van der Waals surface area contributed by atoms with E-state index in [0.717, 1.165) is 24.7 Å². The van der Waals surface area contributed by atoms with Crippen LogP contribution in [0.1, 0.15) is 105 Å². The molecule has 2 unspecified atom stereocenters. The van der Waals surface area contributed by atoms with E-state index >= 15 is 0 Å². The van der Waals surface area contributed by atoms with E-state index < -0.39 is 0 Å². The molecule has 0 aromatic heterocycles. The topological polar surface area (TPSA) is 9.23 Å². The van der Waals surface area contributed by atoms with Gasteiger partial charge in [0.15, 0.2) is 0 Å². The highest BCUT2D eigenvalue weighted by Crippen LogP contribution is 2.17. The molecule has 0 fully saturated rings. The fourth-order valence-corrected chi connectivity index (χ4v) is 3.21. The minimum absolute atomic E-state index is 0.189. The van der Waals surface area contributed by atoms with E-state index in [-0.39, 0.29) is 12.2 Å². The van der Waals surface area contributed by atoms with Crippen LogP contribution in [-0.4, -0.2) is 12.2 Å². The number of hydrogen-bond donors (Lipinski definition) is 0. The SMILES string of the molecule is C=CC(CCCCCCC(C)C)OC(C=C)CCCCCCC(C)C. The van der Waals surface area contributed by atoms with E-state index in [0.29, 0.717) is 0 Å². The van der Waals surface area contributed by atoms with Crippen LogP contribution in [-0.2, 0) is 4.74 Å². The highest BCUT2D eigenvalue weighted by Gasteiger charge is 2.11. The molecule has 0 heterocycles. The Bertz CT molecular complexity index is 275. The van der Waals surface area contributed by atoms with Crippen molar-refractivity contribution in [2.45, 2.75) is 117 Å². The van der Waals surface area contributed by atoms with Crippen LogP contribution in [0, 0.1) is 11.8 Å². The summed E-state index contributed by atoms with van der Waals surface area (Å²) in [6.45, 7) is 17.2. The molecule has 0 radical (unpaired) electrons. The molecule has 0 aliphatic carbocycles. The molecule has 1 heteroatoms. The van der Waals surface area contributed by atoms with Crippen LogP contribution in [0.25, 0.3) is 0 Å². The standard InChI is InChI=1S/C24H46O/c1-7-23(19-15-11-9-13-17-21(3)4)25-24(8-2)20-16-12-10-14-18-22(5)6/h7-8,21-24H,1-2,9-20H2,3-6H3. The van der Waals surface area contributed by atoms with Gasteiger partial charge < -0.3 is 4.74 Å². The van der Waals surface area contributed by atoms with E-state index in [9.17, 15) is 0 Å². The normalized spacial score (nSPS) is 14.0. The zero-order valence-corrected chi connectivity index (χ0v) is 17.8. The third kappa shape index (κ3) is 16.6. The first kappa shape index (κ1) is 24.4. The summed E-state index contributed by atoms with van der Waals surface area (Å²) in [5.74, 6) is 1.67. The first-order valence-electron chi connectivity index (χ1n) is 10.9. The van der Waals surface area contributed by atoms with Gasteiger partial charge in [-0.3, -0.25) is 0 Å². The maximum Gasteiger partial charge on any atom is 0.0761 e. The van der Waals surface area contributed by atoms with E-state index in [1.165, 1.54) is 64.2 Å². The summed E-state index contributed by atoms with van der Waals surface area (Å²) >= 11 is 0. The van der Waals surface area contributed by atoms with Crippen LogP contribution >= 0.6 is 0 Å². The van der Waals surface area contributed by atoms with E-state index in [1.807, 2.05) is 12.2 Å². The molecule has 0 saturated heterocycles. The largest absolute Gasteiger partial charge is 0.367 e. The molecule has 0 bridgehead atoms. The van der Waals surface area contributed by atoms with Gasteiger partial charge in [-0.25, -0.2) is 0 Å². The van der Waals surface area contributed by atoms with Crippen LogP contribution in [0.4, 0.5) is 0 Å². The maximum absolute atomic E-state index is 6.20. The molecule has 0 aliphatic heterocycles. The van der Waals surface area contributed by atoms with Gasteiger partial charge in [-0.2, -0.15) is 0 Å². The Morgan fingerprint density at radius 3 is 1.16 bits per heavy atom. The van der Waals surface area contributed by atoms with Crippen LogP contribution in [0.15, 0.2) is 25.3 Å². The average Bonchev–Trinajstić information content (AvgIpc) is 2.57. The Kier molecular flexibility index (Phi) is 16.5. The maximum atomic E-state index is 6.20. The molecule has 0 rings (SSSR count). The van der Waals surface area contributed by atoms with Gasteiger partial charge in [0.1, 0.15) is 0 Å². The molecule has 0 N–H and O–H groups in total. The molecule has 0 aromatic rings. The zero-order chi connectivity index (χ0) is 18.9. The van der Waals surface area contributed by atoms with Crippen molar-refractivity contribution in [3.63, 3.8) is 0 Å². The predicted octanol–water partition coefficient (Wildman–Crippen LogP) is 8.11. The molecule has 2 atom stereocenters. The minimum atomic E-state index is 0.189. The second kappa shape index (κ2) is 16.9. The molecule has 0 amide bonds. The van der Waals surface area contributed by atoms with Gasteiger partial charge in [-0.15, -0.1) is 13.2 Å². The fourth-order valence-electron chi connectivity index (χ4n) is 3.21. The van der Waals surface area contributed by atoms with Crippen LogP contribution in [0.5, 0.6) is 0 Å².